The van der Waals surface area contributed by atoms with Crippen molar-refractivity contribution in [2.45, 2.75) is 18.8 Å². The standard InChI is InChI=1S/C30H29FN4O2/c1-35(2)21-13-11-20(12-14-21)24(25-18-32-27-10-6-4-7-22(25)27)17-33-29(36)15-16-30-34-19-28(37-30)23-8-3-5-9-26(23)31/h3-14,18-19,24,32H,15-17H2,1-2H3,(H,33,36). The Bertz CT molecular complexity index is 1500. The molecule has 0 saturated carbocycles. The topological polar surface area (TPSA) is 74.2 Å². The minimum atomic E-state index is -0.370. The van der Waals surface area contributed by atoms with E-state index in [1.807, 2.05) is 32.4 Å². The lowest BCUT2D eigenvalue weighted by molar-refractivity contribution is -0.121. The first-order chi connectivity index (χ1) is 18.0. The summed E-state index contributed by atoms with van der Waals surface area (Å²) in [7, 11) is 4.03. The van der Waals surface area contributed by atoms with Gasteiger partial charge in [0.1, 0.15) is 5.82 Å². The lowest BCUT2D eigenvalue weighted by atomic mass is 9.90. The number of nitrogens with one attached hydrogen (secondary N) is 2. The van der Waals surface area contributed by atoms with Crippen molar-refractivity contribution in [2.75, 3.05) is 25.5 Å². The van der Waals surface area contributed by atoms with Gasteiger partial charge in [0, 0.05) is 62.2 Å². The zero-order chi connectivity index (χ0) is 25.8. The maximum absolute atomic E-state index is 14.0. The second-order valence-corrected chi connectivity index (χ2v) is 9.23. The molecule has 0 fully saturated rings. The number of carbonyl (C=O) groups is 1. The van der Waals surface area contributed by atoms with Gasteiger partial charge in [-0.2, -0.15) is 0 Å². The molecule has 0 aliphatic carbocycles. The molecule has 0 radical (unpaired) electrons. The van der Waals surface area contributed by atoms with Crippen molar-refractivity contribution in [2.24, 2.45) is 0 Å². The van der Waals surface area contributed by atoms with Crippen LogP contribution in [0.4, 0.5) is 10.1 Å². The highest BCUT2D eigenvalue weighted by atomic mass is 19.1. The Morgan fingerprint density at radius 2 is 1.81 bits per heavy atom. The first kappa shape index (κ1) is 24.3. The van der Waals surface area contributed by atoms with E-state index in [0.29, 0.717) is 30.2 Å². The van der Waals surface area contributed by atoms with Gasteiger partial charge in [0.2, 0.25) is 5.91 Å². The summed E-state index contributed by atoms with van der Waals surface area (Å²) in [6.07, 6.45) is 4.07. The average Bonchev–Trinajstić information content (AvgIpc) is 3.56. The van der Waals surface area contributed by atoms with Gasteiger partial charge < -0.3 is 19.6 Å². The van der Waals surface area contributed by atoms with Gasteiger partial charge in [0.25, 0.3) is 0 Å². The zero-order valence-electron chi connectivity index (χ0n) is 20.9. The number of aromatic nitrogens is 2. The summed E-state index contributed by atoms with van der Waals surface area (Å²) in [5, 5.41) is 4.23. The van der Waals surface area contributed by atoms with Gasteiger partial charge in [-0.25, -0.2) is 9.37 Å². The Morgan fingerprint density at radius 1 is 1.05 bits per heavy atom. The van der Waals surface area contributed by atoms with E-state index in [-0.39, 0.29) is 24.1 Å². The molecule has 3 aromatic carbocycles. The quantitative estimate of drug-likeness (QED) is 0.266. The minimum absolute atomic E-state index is 0.0225. The number of halogens is 1. The Hall–Kier alpha value is -4.39. The summed E-state index contributed by atoms with van der Waals surface area (Å²) < 4.78 is 19.7. The number of rotatable bonds is 9. The van der Waals surface area contributed by atoms with Crippen LogP contribution in [0.1, 0.15) is 29.4 Å². The number of H-pyrrole nitrogens is 1. The molecular weight excluding hydrogens is 467 g/mol. The number of benzene rings is 3. The third kappa shape index (κ3) is 5.40. The lowest BCUT2D eigenvalue weighted by Crippen LogP contribution is -2.29. The van der Waals surface area contributed by atoms with Crippen molar-refractivity contribution in [1.82, 2.24) is 15.3 Å². The Kier molecular flexibility index (Phi) is 7.03. The van der Waals surface area contributed by atoms with E-state index in [2.05, 4.69) is 56.6 Å². The molecule has 1 amide bonds. The van der Waals surface area contributed by atoms with Crippen LogP contribution >= 0.6 is 0 Å². The van der Waals surface area contributed by atoms with E-state index >= 15 is 0 Å². The number of aromatic amines is 1. The summed E-state index contributed by atoms with van der Waals surface area (Å²) >= 11 is 0. The molecule has 5 aromatic rings. The highest BCUT2D eigenvalue weighted by molar-refractivity contribution is 5.84. The van der Waals surface area contributed by atoms with Crippen molar-refractivity contribution in [3.8, 4) is 11.3 Å². The van der Waals surface area contributed by atoms with Crippen LogP contribution in [-0.2, 0) is 11.2 Å². The first-order valence-corrected chi connectivity index (χ1v) is 12.3. The van der Waals surface area contributed by atoms with Crippen molar-refractivity contribution >= 4 is 22.5 Å². The number of amides is 1. The molecule has 1 unspecified atom stereocenters. The van der Waals surface area contributed by atoms with E-state index in [1.165, 1.54) is 12.3 Å². The normalized spacial score (nSPS) is 12.0. The molecule has 1 atom stereocenters. The van der Waals surface area contributed by atoms with Crippen LogP contribution in [0, 0.1) is 5.82 Å². The van der Waals surface area contributed by atoms with Crippen LogP contribution < -0.4 is 10.2 Å². The fourth-order valence-corrected chi connectivity index (χ4v) is 4.53. The molecule has 7 heteroatoms. The summed E-state index contributed by atoms with van der Waals surface area (Å²) in [5.41, 5.74) is 4.79. The maximum atomic E-state index is 14.0. The van der Waals surface area contributed by atoms with Gasteiger partial charge in [-0.3, -0.25) is 4.79 Å². The minimum Gasteiger partial charge on any atom is -0.441 e. The number of carbonyl (C=O) groups excluding carboxylic acids is 1. The highest BCUT2D eigenvalue weighted by Crippen LogP contribution is 2.31. The Morgan fingerprint density at radius 3 is 2.59 bits per heavy atom. The van der Waals surface area contributed by atoms with Crippen LogP contribution in [0.5, 0.6) is 0 Å². The molecule has 2 aromatic heterocycles. The maximum Gasteiger partial charge on any atom is 0.220 e. The SMILES string of the molecule is CN(C)c1ccc(C(CNC(=O)CCc2ncc(-c3ccccc3F)o2)c2c[nH]c3ccccc23)cc1. The number of anilines is 1. The monoisotopic (exact) mass is 496 g/mol. The van der Waals surface area contributed by atoms with Crippen molar-refractivity contribution in [3.63, 3.8) is 0 Å². The van der Waals surface area contributed by atoms with E-state index in [9.17, 15) is 9.18 Å². The lowest BCUT2D eigenvalue weighted by Gasteiger charge is -2.20. The fraction of sp³-hybridized carbons (Fsp3) is 0.200. The van der Waals surface area contributed by atoms with Crippen LogP contribution in [0.3, 0.4) is 0 Å². The number of para-hydroxylation sites is 1. The average molecular weight is 497 g/mol. The van der Waals surface area contributed by atoms with Gasteiger partial charge >= 0.3 is 0 Å². The Labute approximate surface area is 215 Å². The highest BCUT2D eigenvalue weighted by Gasteiger charge is 2.20. The molecular formula is C30H29FN4O2. The molecule has 6 nitrogen and oxygen atoms in total. The van der Waals surface area contributed by atoms with Crippen molar-refractivity contribution in [1.29, 1.82) is 0 Å². The summed E-state index contributed by atoms with van der Waals surface area (Å²) in [5.74, 6) is 0.269. The molecule has 0 saturated heterocycles. The number of oxazole rings is 1. The van der Waals surface area contributed by atoms with Gasteiger partial charge in [-0.1, -0.05) is 42.5 Å². The van der Waals surface area contributed by atoms with Crippen LogP contribution in [0.15, 0.2) is 89.6 Å². The molecule has 0 aliphatic heterocycles. The number of nitrogens with zero attached hydrogens (tertiary/aromatic N) is 2. The molecule has 37 heavy (non-hydrogen) atoms. The van der Waals surface area contributed by atoms with Crippen LogP contribution in [0.25, 0.3) is 22.2 Å². The summed E-state index contributed by atoms with van der Waals surface area (Å²) in [4.78, 5) is 22.4. The zero-order valence-corrected chi connectivity index (χ0v) is 20.9. The molecule has 0 spiro atoms. The van der Waals surface area contributed by atoms with Gasteiger partial charge in [-0.05, 0) is 41.5 Å². The number of hydrogen-bond acceptors (Lipinski definition) is 4. The van der Waals surface area contributed by atoms with Crippen molar-refractivity contribution < 1.29 is 13.6 Å². The second kappa shape index (κ2) is 10.7. The van der Waals surface area contributed by atoms with Gasteiger partial charge in [-0.15, -0.1) is 0 Å². The molecule has 188 valence electrons. The second-order valence-electron chi connectivity index (χ2n) is 9.23. The van der Waals surface area contributed by atoms with E-state index in [4.69, 9.17) is 4.42 Å². The van der Waals surface area contributed by atoms with E-state index in [1.54, 1.807) is 18.2 Å². The largest absolute Gasteiger partial charge is 0.441 e. The number of hydrogen-bond donors (Lipinski definition) is 2. The predicted molar refractivity (Wildman–Crippen MR) is 144 cm³/mol. The van der Waals surface area contributed by atoms with Crippen LogP contribution in [-0.4, -0.2) is 36.5 Å². The van der Waals surface area contributed by atoms with Gasteiger partial charge in [0.15, 0.2) is 11.7 Å². The van der Waals surface area contributed by atoms with Gasteiger partial charge in [0.05, 0.1) is 11.8 Å². The van der Waals surface area contributed by atoms with E-state index < -0.39 is 0 Å². The summed E-state index contributed by atoms with van der Waals surface area (Å²) in [6.45, 7) is 0.452. The smallest absolute Gasteiger partial charge is 0.220 e. The molecule has 5 rings (SSSR count). The van der Waals surface area contributed by atoms with Crippen LogP contribution in [0.2, 0.25) is 0 Å². The fourth-order valence-electron chi connectivity index (χ4n) is 4.53. The van der Waals surface area contributed by atoms with Crippen molar-refractivity contribution in [3.05, 3.63) is 108 Å². The molecule has 0 aliphatic rings. The third-order valence-electron chi connectivity index (χ3n) is 6.57. The molecule has 0 bridgehead atoms. The number of aryl methyl sites for hydroxylation is 1. The first-order valence-electron chi connectivity index (χ1n) is 12.3. The molecule has 2 heterocycles. The predicted octanol–water partition coefficient (Wildman–Crippen LogP) is 5.91. The Balaban J connectivity index is 1.28. The molecule has 2 N–H and O–H groups in total. The number of fused-ring (bicyclic) bond motifs is 1. The summed E-state index contributed by atoms with van der Waals surface area (Å²) in [6, 6.07) is 23.0. The van der Waals surface area contributed by atoms with E-state index in [0.717, 1.165) is 27.7 Å². The third-order valence-corrected chi connectivity index (χ3v) is 6.57.